The summed E-state index contributed by atoms with van der Waals surface area (Å²) in [5, 5.41) is 0. The first-order valence-corrected chi connectivity index (χ1v) is 6.27. The van der Waals surface area contributed by atoms with Gasteiger partial charge >= 0.3 is 0 Å². The third-order valence-corrected chi connectivity index (χ3v) is 2.97. The summed E-state index contributed by atoms with van der Waals surface area (Å²) in [4.78, 5) is 0. The van der Waals surface area contributed by atoms with Crippen molar-refractivity contribution in [2.24, 2.45) is 5.73 Å². The second-order valence-electron chi connectivity index (χ2n) is 4.71. The Labute approximate surface area is 113 Å². The lowest BCUT2D eigenvalue weighted by Crippen LogP contribution is -2.05. The van der Waals surface area contributed by atoms with E-state index in [1.54, 1.807) is 18.2 Å². The van der Waals surface area contributed by atoms with Gasteiger partial charge in [-0.1, -0.05) is 24.3 Å². The van der Waals surface area contributed by atoms with Crippen LogP contribution in [0.25, 0.3) is 0 Å². The number of ether oxygens (including phenoxy) is 1. The SMILES string of the molecule is Cc1cc(C)cc(OCc2cccc(CN)c2F)c1. The van der Waals surface area contributed by atoms with Crippen LogP contribution < -0.4 is 10.5 Å². The van der Waals surface area contributed by atoms with Crippen molar-refractivity contribution in [3.8, 4) is 5.75 Å². The maximum absolute atomic E-state index is 14.0. The highest BCUT2D eigenvalue weighted by atomic mass is 19.1. The van der Waals surface area contributed by atoms with Gasteiger partial charge in [0.2, 0.25) is 0 Å². The van der Waals surface area contributed by atoms with Crippen molar-refractivity contribution < 1.29 is 9.13 Å². The van der Waals surface area contributed by atoms with Crippen LogP contribution in [0, 0.1) is 19.7 Å². The van der Waals surface area contributed by atoms with E-state index in [1.807, 2.05) is 26.0 Å². The van der Waals surface area contributed by atoms with Gasteiger partial charge in [0, 0.05) is 17.7 Å². The molecule has 100 valence electrons. The van der Waals surface area contributed by atoms with E-state index in [0.717, 1.165) is 16.9 Å². The summed E-state index contributed by atoms with van der Waals surface area (Å²) < 4.78 is 19.6. The molecule has 0 aliphatic rings. The molecule has 0 aliphatic heterocycles. The van der Waals surface area contributed by atoms with Gasteiger partial charge in [0.25, 0.3) is 0 Å². The minimum Gasteiger partial charge on any atom is -0.489 e. The lowest BCUT2D eigenvalue weighted by atomic mass is 10.1. The molecule has 0 atom stereocenters. The van der Waals surface area contributed by atoms with Gasteiger partial charge in [-0.15, -0.1) is 0 Å². The number of nitrogens with two attached hydrogens (primary N) is 1. The normalized spacial score (nSPS) is 10.5. The van der Waals surface area contributed by atoms with Crippen LogP contribution in [-0.4, -0.2) is 0 Å². The highest BCUT2D eigenvalue weighted by Crippen LogP contribution is 2.19. The van der Waals surface area contributed by atoms with Crippen molar-refractivity contribution in [3.63, 3.8) is 0 Å². The van der Waals surface area contributed by atoms with E-state index in [-0.39, 0.29) is 19.0 Å². The second-order valence-corrected chi connectivity index (χ2v) is 4.71. The Hall–Kier alpha value is -1.87. The maximum Gasteiger partial charge on any atom is 0.134 e. The topological polar surface area (TPSA) is 35.2 Å². The van der Waals surface area contributed by atoms with Gasteiger partial charge in [0.15, 0.2) is 0 Å². The molecule has 0 aromatic heterocycles. The van der Waals surface area contributed by atoms with Gasteiger partial charge in [0.1, 0.15) is 18.2 Å². The van der Waals surface area contributed by atoms with Crippen molar-refractivity contribution in [1.82, 2.24) is 0 Å². The van der Waals surface area contributed by atoms with Gasteiger partial charge in [-0.25, -0.2) is 4.39 Å². The summed E-state index contributed by atoms with van der Waals surface area (Å²) in [7, 11) is 0. The molecule has 0 spiro atoms. The highest BCUT2D eigenvalue weighted by Gasteiger charge is 2.07. The van der Waals surface area contributed by atoms with E-state index in [0.29, 0.717) is 11.1 Å². The molecule has 2 N–H and O–H groups in total. The van der Waals surface area contributed by atoms with Crippen LogP contribution >= 0.6 is 0 Å². The Balaban J connectivity index is 2.14. The molecular formula is C16H18FNO. The zero-order chi connectivity index (χ0) is 13.8. The van der Waals surface area contributed by atoms with E-state index in [1.165, 1.54) is 0 Å². The maximum atomic E-state index is 14.0. The zero-order valence-corrected chi connectivity index (χ0v) is 11.2. The second kappa shape index (κ2) is 5.85. The smallest absolute Gasteiger partial charge is 0.134 e. The molecule has 0 heterocycles. The summed E-state index contributed by atoms with van der Waals surface area (Å²) in [5.41, 5.74) is 8.79. The van der Waals surface area contributed by atoms with Gasteiger partial charge < -0.3 is 10.5 Å². The molecule has 0 unspecified atom stereocenters. The van der Waals surface area contributed by atoms with Crippen LogP contribution in [0.15, 0.2) is 36.4 Å². The van der Waals surface area contributed by atoms with Gasteiger partial charge in [0.05, 0.1) is 0 Å². The van der Waals surface area contributed by atoms with Crippen LogP contribution in [0.4, 0.5) is 4.39 Å². The number of aryl methyl sites for hydroxylation is 2. The van der Waals surface area contributed by atoms with E-state index >= 15 is 0 Å². The average Bonchev–Trinajstić information content (AvgIpc) is 2.36. The van der Waals surface area contributed by atoms with E-state index in [2.05, 4.69) is 6.07 Å². The molecule has 2 aromatic rings. The largest absolute Gasteiger partial charge is 0.489 e. The molecule has 0 saturated heterocycles. The van der Waals surface area contributed by atoms with Crippen LogP contribution in [0.5, 0.6) is 5.75 Å². The molecule has 19 heavy (non-hydrogen) atoms. The summed E-state index contributed by atoms with van der Waals surface area (Å²) in [5.74, 6) is 0.490. The first kappa shape index (κ1) is 13.6. The number of hydrogen-bond donors (Lipinski definition) is 1. The molecule has 0 saturated carbocycles. The standard InChI is InChI=1S/C16H18FNO/c1-11-6-12(2)8-15(7-11)19-10-14-5-3-4-13(9-18)16(14)17/h3-8H,9-10,18H2,1-2H3. The third-order valence-electron chi connectivity index (χ3n) is 2.97. The monoisotopic (exact) mass is 259 g/mol. The van der Waals surface area contributed by atoms with Crippen molar-refractivity contribution in [2.45, 2.75) is 27.0 Å². The van der Waals surface area contributed by atoms with Crippen molar-refractivity contribution >= 4 is 0 Å². The van der Waals surface area contributed by atoms with Crippen LogP contribution in [0.3, 0.4) is 0 Å². The van der Waals surface area contributed by atoms with Gasteiger partial charge in [-0.05, 0) is 37.1 Å². The quantitative estimate of drug-likeness (QED) is 0.912. The third kappa shape index (κ3) is 3.32. The molecule has 0 amide bonds. The first-order chi connectivity index (χ1) is 9.10. The molecule has 3 heteroatoms. The summed E-state index contributed by atoms with van der Waals surface area (Å²) in [6.07, 6.45) is 0. The Kier molecular flexibility index (Phi) is 4.17. The lowest BCUT2D eigenvalue weighted by Gasteiger charge is -2.10. The fraction of sp³-hybridized carbons (Fsp3) is 0.250. The van der Waals surface area contributed by atoms with E-state index in [4.69, 9.17) is 10.5 Å². The average molecular weight is 259 g/mol. The summed E-state index contributed by atoms with van der Waals surface area (Å²) in [6.45, 7) is 4.43. The van der Waals surface area contributed by atoms with Gasteiger partial charge in [-0.2, -0.15) is 0 Å². The zero-order valence-electron chi connectivity index (χ0n) is 11.2. The van der Waals surface area contributed by atoms with Crippen LogP contribution in [-0.2, 0) is 13.2 Å². The van der Waals surface area contributed by atoms with Crippen molar-refractivity contribution in [2.75, 3.05) is 0 Å². The molecule has 0 aliphatic carbocycles. The molecule has 2 rings (SSSR count). The minimum atomic E-state index is -0.269. The Morgan fingerprint density at radius 1 is 1.05 bits per heavy atom. The molecule has 0 fully saturated rings. The van der Waals surface area contributed by atoms with Crippen LogP contribution in [0.2, 0.25) is 0 Å². The number of rotatable bonds is 4. The Morgan fingerprint density at radius 3 is 2.32 bits per heavy atom. The predicted molar refractivity (Wildman–Crippen MR) is 74.5 cm³/mol. The fourth-order valence-corrected chi connectivity index (χ4v) is 2.08. The molecule has 0 radical (unpaired) electrons. The number of benzene rings is 2. The number of hydrogen-bond acceptors (Lipinski definition) is 2. The van der Waals surface area contributed by atoms with Gasteiger partial charge in [-0.3, -0.25) is 0 Å². The first-order valence-electron chi connectivity index (χ1n) is 6.27. The molecular weight excluding hydrogens is 241 g/mol. The Bertz CT molecular complexity index is 561. The summed E-state index contributed by atoms with van der Waals surface area (Å²) in [6, 6.07) is 11.2. The molecule has 2 aromatic carbocycles. The lowest BCUT2D eigenvalue weighted by molar-refractivity contribution is 0.299. The fourth-order valence-electron chi connectivity index (χ4n) is 2.08. The molecule has 2 nitrogen and oxygen atoms in total. The summed E-state index contributed by atoms with van der Waals surface area (Å²) >= 11 is 0. The van der Waals surface area contributed by atoms with Crippen molar-refractivity contribution in [3.05, 3.63) is 64.5 Å². The number of halogens is 1. The van der Waals surface area contributed by atoms with E-state index in [9.17, 15) is 4.39 Å². The molecule has 0 bridgehead atoms. The van der Waals surface area contributed by atoms with Crippen LogP contribution in [0.1, 0.15) is 22.3 Å². The highest BCUT2D eigenvalue weighted by molar-refractivity contribution is 5.33. The Morgan fingerprint density at radius 2 is 1.68 bits per heavy atom. The van der Waals surface area contributed by atoms with Crippen molar-refractivity contribution in [1.29, 1.82) is 0 Å². The van der Waals surface area contributed by atoms with E-state index < -0.39 is 0 Å². The predicted octanol–water partition coefficient (Wildman–Crippen LogP) is 3.48. The minimum absolute atomic E-state index is 0.198.